The van der Waals surface area contributed by atoms with Gasteiger partial charge >= 0.3 is 0 Å². The Labute approximate surface area is 82.9 Å². The SMILES string of the molecule is CC1CCCC(OCC(C)(C)C)C1. The molecule has 0 bridgehead atoms. The van der Waals surface area contributed by atoms with E-state index in [4.69, 9.17) is 4.74 Å². The van der Waals surface area contributed by atoms with Crippen LogP contribution in [0.3, 0.4) is 0 Å². The molecular formula is C12H24O. The molecule has 0 N–H and O–H groups in total. The number of hydrogen-bond acceptors (Lipinski definition) is 1. The van der Waals surface area contributed by atoms with Crippen LogP contribution in [0.4, 0.5) is 0 Å². The molecule has 0 radical (unpaired) electrons. The van der Waals surface area contributed by atoms with Crippen molar-refractivity contribution in [1.82, 2.24) is 0 Å². The van der Waals surface area contributed by atoms with Crippen molar-refractivity contribution in [1.29, 1.82) is 0 Å². The second-order valence-corrected chi connectivity index (χ2v) is 5.77. The van der Waals surface area contributed by atoms with Gasteiger partial charge in [-0.3, -0.25) is 0 Å². The van der Waals surface area contributed by atoms with Crippen LogP contribution < -0.4 is 0 Å². The van der Waals surface area contributed by atoms with E-state index in [1.165, 1.54) is 25.7 Å². The summed E-state index contributed by atoms with van der Waals surface area (Å²) in [6, 6.07) is 0. The summed E-state index contributed by atoms with van der Waals surface area (Å²) in [5.74, 6) is 0.874. The van der Waals surface area contributed by atoms with E-state index >= 15 is 0 Å². The van der Waals surface area contributed by atoms with E-state index in [2.05, 4.69) is 27.7 Å². The summed E-state index contributed by atoms with van der Waals surface area (Å²) in [7, 11) is 0. The highest BCUT2D eigenvalue weighted by molar-refractivity contribution is 4.71. The molecule has 1 saturated carbocycles. The van der Waals surface area contributed by atoms with Crippen molar-refractivity contribution in [3.05, 3.63) is 0 Å². The highest BCUT2D eigenvalue weighted by atomic mass is 16.5. The van der Waals surface area contributed by atoms with Gasteiger partial charge in [0.2, 0.25) is 0 Å². The van der Waals surface area contributed by atoms with Crippen LogP contribution >= 0.6 is 0 Å². The van der Waals surface area contributed by atoms with Crippen LogP contribution in [0.1, 0.15) is 53.4 Å². The maximum Gasteiger partial charge on any atom is 0.0578 e. The molecule has 1 aliphatic carbocycles. The monoisotopic (exact) mass is 184 g/mol. The van der Waals surface area contributed by atoms with Crippen molar-refractivity contribution in [3.63, 3.8) is 0 Å². The second-order valence-electron chi connectivity index (χ2n) is 5.77. The Morgan fingerprint density at radius 3 is 2.46 bits per heavy atom. The summed E-state index contributed by atoms with van der Waals surface area (Å²) in [6.07, 6.45) is 5.85. The van der Waals surface area contributed by atoms with Crippen LogP contribution in [0, 0.1) is 11.3 Å². The Morgan fingerprint density at radius 1 is 1.23 bits per heavy atom. The zero-order valence-corrected chi connectivity index (χ0v) is 9.60. The third kappa shape index (κ3) is 4.66. The van der Waals surface area contributed by atoms with Crippen molar-refractivity contribution in [2.75, 3.05) is 6.61 Å². The van der Waals surface area contributed by atoms with E-state index in [0.29, 0.717) is 11.5 Å². The smallest absolute Gasteiger partial charge is 0.0578 e. The van der Waals surface area contributed by atoms with Crippen LogP contribution in [-0.4, -0.2) is 12.7 Å². The fourth-order valence-electron chi connectivity index (χ4n) is 1.90. The van der Waals surface area contributed by atoms with Crippen LogP contribution in [-0.2, 0) is 4.74 Å². The summed E-state index contributed by atoms with van der Waals surface area (Å²) in [4.78, 5) is 0. The largest absolute Gasteiger partial charge is 0.378 e. The predicted molar refractivity (Wildman–Crippen MR) is 56.8 cm³/mol. The van der Waals surface area contributed by atoms with Crippen molar-refractivity contribution in [2.24, 2.45) is 11.3 Å². The first-order chi connectivity index (χ1) is 5.97. The lowest BCUT2D eigenvalue weighted by Gasteiger charge is -2.29. The van der Waals surface area contributed by atoms with E-state index in [1.807, 2.05) is 0 Å². The molecule has 0 saturated heterocycles. The van der Waals surface area contributed by atoms with E-state index in [-0.39, 0.29) is 0 Å². The molecule has 2 unspecified atom stereocenters. The molecular weight excluding hydrogens is 160 g/mol. The van der Waals surface area contributed by atoms with Gasteiger partial charge in [-0.05, 0) is 24.2 Å². The van der Waals surface area contributed by atoms with Gasteiger partial charge < -0.3 is 4.74 Å². The van der Waals surface area contributed by atoms with Gasteiger partial charge in [0.15, 0.2) is 0 Å². The zero-order valence-electron chi connectivity index (χ0n) is 9.60. The van der Waals surface area contributed by atoms with Gasteiger partial charge in [0, 0.05) is 0 Å². The van der Waals surface area contributed by atoms with Crippen molar-refractivity contribution in [2.45, 2.75) is 59.5 Å². The third-order valence-corrected chi connectivity index (χ3v) is 2.64. The van der Waals surface area contributed by atoms with E-state index < -0.39 is 0 Å². The van der Waals surface area contributed by atoms with Gasteiger partial charge in [-0.15, -0.1) is 0 Å². The average molecular weight is 184 g/mol. The summed E-state index contributed by atoms with van der Waals surface area (Å²) in [5.41, 5.74) is 0.320. The molecule has 1 nitrogen and oxygen atoms in total. The molecule has 2 atom stereocenters. The first kappa shape index (κ1) is 11.0. The fraction of sp³-hybridized carbons (Fsp3) is 1.00. The Bertz CT molecular complexity index is 146. The number of rotatable bonds is 2. The summed E-state index contributed by atoms with van der Waals surface area (Å²) in [5, 5.41) is 0. The Hall–Kier alpha value is -0.0400. The van der Waals surface area contributed by atoms with E-state index in [9.17, 15) is 0 Å². The molecule has 78 valence electrons. The average Bonchev–Trinajstić information content (AvgIpc) is 2.00. The number of hydrogen-bond donors (Lipinski definition) is 0. The molecule has 0 spiro atoms. The van der Waals surface area contributed by atoms with Crippen molar-refractivity contribution < 1.29 is 4.74 Å². The topological polar surface area (TPSA) is 9.23 Å². The van der Waals surface area contributed by atoms with E-state index in [0.717, 1.165) is 12.5 Å². The fourth-order valence-corrected chi connectivity index (χ4v) is 1.90. The first-order valence-electron chi connectivity index (χ1n) is 5.59. The van der Waals surface area contributed by atoms with Gasteiger partial charge in [0.05, 0.1) is 12.7 Å². The minimum Gasteiger partial charge on any atom is -0.378 e. The standard InChI is InChI=1S/C12H24O/c1-10-6-5-7-11(8-10)13-9-12(2,3)4/h10-11H,5-9H2,1-4H3. The maximum atomic E-state index is 5.92. The normalized spacial score (nSPS) is 30.5. The lowest BCUT2D eigenvalue weighted by Crippen LogP contribution is -2.26. The first-order valence-corrected chi connectivity index (χ1v) is 5.59. The highest BCUT2D eigenvalue weighted by Gasteiger charge is 2.21. The van der Waals surface area contributed by atoms with Crippen molar-refractivity contribution >= 4 is 0 Å². The number of ether oxygens (including phenoxy) is 1. The Morgan fingerprint density at radius 2 is 1.92 bits per heavy atom. The Balaban J connectivity index is 2.21. The lowest BCUT2D eigenvalue weighted by molar-refractivity contribution is -0.0191. The van der Waals surface area contributed by atoms with Crippen LogP contribution in [0.25, 0.3) is 0 Å². The van der Waals surface area contributed by atoms with Crippen molar-refractivity contribution in [3.8, 4) is 0 Å². The van der Waals surface area contributed by atoms with Gasteiger partial charge in [-0.25, -0.2) is 0 Å². The summed E-state index contributed by atoms with van der Waals surface area (Å²) < 4.78 is 5.92. The molecule has 13 heavy (non-hydrogen) atoms. The molecule has 0 aromatic rings. The van der Waals surface area contributed by atoms with Crippen LogP contribution in [0.2, 0.25) is 0 Å². The van der Waals surface area contributed by atoms with Crippen LogP contribution in [0.5, 0.6) is 0 Å². The summed E-state index contributed by atoms with van der Waals surface area (Å²) in [6.45, 7) is 9.95. The second kappa shape index (κ2) is 4.45. The summed E-state index contributed by atoms with van der Waals surface area (Å²) >= 11 is 0. The van der Waals surface area contributed by atoms with E-state index in [1.54, 1.807) is 0 Å². The lowest BCUT2D eigenvalue weighted by atomic mass is 9.88. The molecule has 0 aromatic carbocycles. The molecule has 1 aliphatic rings. The quantitative estimate of drug-likeness (QED) is 0.637. The minimum atomic E-state index is 0.320. The molecule has 1 heteroatoms. The predicted octanol–water partition coefficient (Wildman–Crippen LogP) is 3.63. The van der Waals surface area contributed by atoms with Gasteiger partial charge in [0.25, 0.3) is 0 Å². The molecule has 0 aromatic heterocycles. The highest BCUT2D eigenvalue weighted by Crippen LogP contribution is 2.27. The molecule has 0 heterocycles. The zero-order chi connectivity index (χ0) is 9.90. The van der Waals surface area contributed by atoms with Crippen LogP contribution in [0.15, 0.2) is 0 Å². The van der Waals surface area contributed by atoms with Gasteiger partial charge in [0.1, 0.15) is 0 Å². The van der Waals surface area contributed by atoms with Gasteiger partial charge in [-0.1, -0.05) is 40.5 Å². The van der Waals surface area contributed by atoms with Gasteiger partial charge in [-0.2, -0.15) is 0 Å². The molecule has 1 rings (SSSR count). The molecule has 0 aliphatic heterocycles. The molecule has 1 fully saturated rings. The molecule has 0 amide bonds. The minimum absolute atomic E-state index is 0.320. The maximum absolute atomic E-state index is 5.92. The Kier molecular flexibility index (Phi) is 3.78. The third-order valence-electron chi connectivity index (χ3n) is 2.64.